The first-order valence-corrected chi connectivity index (χ1v) is 9.29. The predicted octanol–water partition coefficient (Wildman–Crippen LogP) is 1.77. The number of hydrogen-bond donors (Lipinski definition) is 0. The second kappa shape index (κ2) is 6.41. The average Bonchev–Trinajstić information content (AvgIpc) is 2.97. The van der Waals surface area contributed by atoms with Gasteiger partial charge in [-0.05, 0) is 43.7 Å². The van der Waals surface area contributed by atoms with Gasteiger partial charge in [-0.1, -0.05) is 6.07 Å². The van der Waals surface area contributed by atoms with E-state index in [2.05, 4.69) is 16.0 Å². The summed E-state index contributed by atoms with van der Waals surface area (Å²) >= 11 is 0. The van der Waals surface area contributed by atoms with Gasteiger partial charge in [-0.25, -0.2) is 13.4 Å². The molecule has 0 aromatic carbocycles. The van der Waals surface area contributed by atoms with Gasteiger partial charge >= 0.3 is 0 Å². The summed E-state index contributed by atoms with van der Waals surface area (Å²) in [5, 5.41) is 0.137. The molecule has 0 bridgehead atoms. The van der Waals surface area contributed by atoms with Crippen molar-refractivity contribution in [2.45, 2.75) is 31.2 Å². The lowest BCUT2D eigenvalue weighted by molar-refractivity contribution is 0.265. The monoisotopic (exact) mass is 334 g/mol. The highest BCUT2D eigenvalue weighted by Crippen LogP contribution is 2.25. The summed E-state index contributed by atoms with van der Waals surface area (Å²) in [6, 6.07) is 4.08. The van der Waals surface area contributed by atoms with Gasteiger partial charge in [0, 0.05) is 38.2 Å². The lowest BCUT2D eigenvalue weighted by Gasteiger charge is -2.31. The van der Waals surface area contributed by atoms with E-state index >= 15 is 0 Å². The van der Waals surface area contributed by atoms with Crippen LogP contribution < -0.4 is 0 Å². The zero-order valence-electron chi connectivity index (χ0n) is 13.5. The molecule has 3 rings (SSSR count). The van der Waals surface area contributed by atoms with E-state index in [1.54, 1.807) is 22.1 Å². The molecule has 2 aromatic heterocycles. The fourth-order valence-corrected chi connectivity index (χ4v) is 4.54. The Morgan fingerprint density at radius 1 is 1.30 bits per heavy atom. The van der Waals surface area contributed by atoms with Crippen molar-refractivity contribution in [1.29, 1.82) is 0 Å². The summed E-state index contributed by atoms with van der Waals surface area (Å²) in [5.74, 6) is 0.326. The fraction of sp³-hybridized carbons (Fsp3) is 0.500. The van der Waals surface area contributed by atoms with Gasteiger partial charge in [0.2, 0.25) is 0 Å². The SMILES string of the molecule is Cc1ccc(C[C@H]2CCCN(S(=O)(=O)c3cn(C)cn3)C2)cn1. The van der Waals surface area contributed by atoms with Crippen molar-refractivity contribution in [2.75, 3.05) is 13.1 Å². The molecule has 0 N–H and O–H groups in total. The third-order valence-electron chi connectivity index (χ3n) is 4.26. The van der Waals surface area contributed by atoms with E-state index in [9.17, 15) is 8.42 Å². The number of imidazole rings is 1. The zero-order chi connectivity index (χ0) is 16.4. The third-order valence-corrected chi connectivity index (χ3v) is 6.01. The van der Waals surface area contributed by atoms with E-state index in [0.717, 1.165) is 30.5 Å². The van der Waals surface area contributed by atoms with E-state index in [-0.39, 0.29) is 5.03 Å². The van der Waals surface area contributed by atoms with E-state index in [1.165, 1.54) is 6.33 Å². The summed E-state index contributed by atoms with van der Waals surface area (Å²) in [4.78, 5) is 8.32. The lowest BCUT2D eigenvalue weighted by Crippen LogP contribution is -2.40. The Balaban J connectivity index is 1.71. The fourth-order valence-electron chi connectivity index (χ4n) is 3.02. The minimum absolute atomic E-state index is 0.137. The number of pyridine rings is 1. The van der Waals surface area contributed by atoms with Crippen LogP contribution in [0, 0.1) is 12.8 Å². The summed E-state index contributed by atoms with van der Waals surface area (Å²) in [6.45, 7) is 3.08. The molecule has 0 aliphatic carbocycles. The van der Waals surface area contributed by atoms with Crippen molar-refractivity contribution < 1.29 is 8.42 Å². The maximum Gasteiger partial charge on any atom is 0.262 e. The van der Waals surface area contributed by atoms with Gasteiger partial charge < -0.3 is 4.57 Å². The van der Waals surface area contributed by atoms with Gasteiger partial charge in [0.05, 0.1) is 6.33 Å². The highest BCUT2D eigenvalue weighted by molar-refractivity contribution is 7.89. The summed E-state index contributed by atoms with van der Waals surface area (Å²) in [5.41, 5.74) is 2.16. The second-order valence-electron chi connectivity index (χ2n) is 6.26. The van der Waals surface area contributed by atoms with Crippen LogP contribution in [-0.4, -0.2) is 40.3 Å². The van der Waals surface area contributed by atoms with Crippen molar-refractivity contribution in [1.82, 2.24) is 18.8 Å². The molecule has 23 heavy (non-hydrogen) atoms. The Kier molecular flexibility index (Phi) is 4.50. The Morgan fingerprint density at radius 3 is 2.78 bits per heavy atom. The van der Waals surface area contributed by atoms with Crippen molar-refractivity contribution in [3.63, 3.8) is 0 Å². The van der Waals surface area contributed by atoms with Gasteiger partial charge in [-0.3, -0.25) is 4.98 Å². The quantitative estimate of drug-likeness (QED) is 0.854. The molecule has 0 unspecified atom stereocenters. The molecule has 7 heteroatoms. The molecular formula is C16H22N4O2S. The Labute approximate surface area is 137 Å². The molecule has 0 saturated carbocycles. The van der Waals surface area contributed by atoms with Crippen LogP contribution in [0.15, 0.2) is 35.9 Å². The average molecular weight is 334 g/mol. The highest BCUT2D eigenvalue weighted by Gasteiger charge is 2.31. The van der Waals surface area contributed by atoms with Crippen LogP contribution in [0.25, 0.3) is 0 Å². The summed E-state index contributed by atoms with van der Waals surface area (Å²) in [7, 11) is -1.71. The van der Waals surface area contributed by atoms with E-state index < -0.39 is 10.0 Å². The van der Waals surface area contributed by atoms with Crippen molar-refractivity contribution >= 4 is 10.0 Å². The first kappa shape index (κ1) is 16.1. The van der Waals surface area contributed by atoms with E-state index in [0.29, 0.717) is 19.0 Å². The van der Waals surface area contributed by atoms with Gasteiger partial charge in [-0.15, -0.1) is 0 Å². The molecule has 1 fully saturated rings. The second-order valence-corrected chi connectivity index (χ2v) is 8.15. The largest absolute Gasteiger partial charge is 0.339 e. The number of aryl methyl sites for hydroxylation is 2. The van der Waals surface area contributed by atoms with Gasteiger partial charge in [0.1, 0.15) is 0 Å². The molecular weight excluding hydrogens is 312 g/mol. The third kappa shape index (κ3) is 3.61. The molecule has 1 aliphatic rings. The molecule has 1 aliphatic heterocycles. The minimum atomic E-state index is -3.49. The van der Waals surface area contributed by atoms with Gasteiger partial charge in [0.25, 0.3) is 10.0 Å². The molecule has 6 nitrogen and oxygen atoms in total. The first-order valence-electron chi connectivity index (χ1n) is 7.85. The number of rotatable bonds is 4. The zero-order valence-corrected chi connectivity index (χ0v) is 14.3. The minimum Gasteiger partial charge on any atom is -0.339 e. The number of piperidine rings is 1. The Morgan fingerprint density at radius 2 is 2.13 bits per heavy atom. The molecule has 0 radical (unpaired) electrons. The van der Waals surface area contributed by atoms with Crippen LogP contribution in [0.2, 0.25) is 0 Å². The van der Waals surface area contributed by atoms with Crippen LogP contribution in [0.5, 0.6) is 0 Å². The van der Waals surface area contributed by atoms with Crippen molar-refractivity contribution in [3.05, 3.63) is 42.1 Å². The van der Waals surface area contributed by atoms with Crippen molar-refractivity contribution in [2.24, 2.45) is 13.0 Å². The molecule has 2 aromatic rings. The van der Waals surface area contributed by atoms with Crippen LogP contribution in [0.1, 0.15) is 24.1 Å². The summed E-state index contributed by atoms with van der Waals surface area (Å²) in [6.07, 6.45) is 7.76. The van der Waals surface area contributed by atoms with Crippen LogP contribution >= 0.6 is 0 Å². The molecule has 124 valence electrons. The van der Waals surface area contributed by atoms with E-state index in [1.807, 2.05) is 19.2 Å². The number of nitrogens with zero attached hydrogens (tertiary/aromatic N) is 4. The topological polar surface area (TPSA) is 68.1 Å². The van der Waals surface area contributed by atoms with E-state index in [4.69, 9.17) is 0 Å². The normalized spacial score (nSPS) is 19.8. The standard InChI is InChI=1S/C16H22N4O2S/c1-13-5-6-14(9-17-13)8-15-4-3-7-20(10-15)23(21,22)16-11-19(2)12-18-16/h5-6,9,11-12,15H,3-4,7-8,10H2,1-2H3/t15-/m1/s1. The Bertz CT molecular complexity index is 768. The molecule has 1 saturated heterocycles. The first-order chi connectivity index (χ1) is 10.9. The maximum atomic E-state index is 12.7. The summed E-state index contributed by atoms with van der Waals surface area (Å²) < 4.78 is 28.6. The lowest BCUT2D eigenvalue weighted by atomic mass is 9.93. The predicted molar refractivity (Wildman–Crippen MR) is 87.4 cm³/mol. The maximum absolute atomic E-state index is 12.7. The van der Waals surface area contributed by atoms with Crippen LogP contribution in [-0.2, 0) is 23.5 Å². The molecule has 1 atom stereocenters. The highest BCUT2D eigenvalue weighted by atomic mass is 32.2. The molecule has 0 amide bonds. The number of aromatic nitrogens is 3. The number of hydrogen-bond acceptors (Lipinski definition) is 4. The smallest absolute Gasteiger partial charge is 0.262 e. The van der Waals surface area contributed by atoms with Gasteiger partial charge in [0.15, 0.2) is 5.03 Å². The molecule has 0 spiro atoms. The number of sulfonamides is 1. The molecule has 3 heterocycles. The van der Waals surface area contributed by atoms with Crippen LogP contribution in [0.4, 0.5) is 0 Å². The van der Waals surface area contributed by atoms with Crippen LogP contribution in [0.3, 0.4) is 0 Å². The van der Waals surface area contributed by atoms with Gasteiger partial charge in [-0.2, -0.15) is 4.31 Å². The van der Waals surface area contributed by atoms with Crippen molar-refractivity contribution in [3.8, 4) is 0 Å². The Hall–Kier alpha value is -1.73.